The number of aliphatic imine (C=N–C) groups is 1. The van der Waals surface area contributed by atoms with Gasteiger partial charge in [0, 0.05) is 12.1 Å². The Bertz CT molecular complexity index is 382. The van der Waals surface area contributed by atoms with Gasteiger partial charge in [-0.3, -0.25) is 9.79 Å². The lowest BCUT2D eigenvalue weighted by Gasteiger charge is -2.13. The molecule has 66 valence electrons. The van der Waals surface area contributed by atoms with Crippen molar-refractivity contribution in [2.75, 3.05) is 6.54 Å². The molecule has 1 aromatic rings. The summed E-state index contributed by atoms with van der Waals surface area (Å²) in [5.74, 6) is -0.438. The number of benzene rings is 1. The first-order valence-corrected chi connectivity index (χ1v) is 4.21. The lowest BCUT2D eigenvalue weighted by Crippen LogP contribution is -2.28. The summed E-state index contributed by atoms with van der Waals surface area (Å²) in [6.07, 6.45) is 0.896. The van der Waals surface area contributed by atoms with Gasteiger partial charge in [-0.25, -0.2) is 0 Å². The van der Waals surface area contributed by atoms with E-state index in [0.29, 0.717) is 12.3 Å². The van der Waals surface area contributed by atoms with Crippen molar-refractivity contribution in [2.24, 2.45) is 10.7 Å². The van der Waals surface area contributed by atoms with Crippen LogP contribution in [0.3, 0.4) is 0 Å². The molecule has 0 aliphatic carbocycles. The van der Waals surface area contributed by atoms with Gasteiger partial charge in [-0.1, -0.05) is 24.3 Å². The molecule has 0 spiro atoms. The van der Waals surface area contributed by atoms with Crippen molar-refractivity contribution in [3.05, 3.63) is 35.4 Å². The third-order valence-electron chi connectivity index (χ3n) is 2.16. The average Bonchev–Trinajstić information content (AvgIpc) is 2.17. The molecular weight excluding hydrogens is 164 g/mol. The van der Waals surface area contributed by atoms with Crippen LogP contribution < -0.4 is 5.73 Å². The van der Waals surface area contributed by atoms with E-state index in [0.717, 1.165) is 17.5 Å². The summed E-state index contributed by atoms with van der Waals surface area (Å²) in [5.41, 5.74) is 7.68. The lowest BCUT2D eigenvalue weighted by atomic mass is 9.97. The van der Waals surface area contributed by atoms with Gasteiger partial charge in [-0.05, 0) is 12.0 Å². The fraction of sp³-hybridized carbons (Fsp3) is 0.200. The van der Waals surface area contributed by atoms with Crippen LogP contribution in [0.4, 0.5) is 0 Å². The maximum absolute atomic E-state index is 11.0. The Hall–Kier alpha value is -1.64. The van der Waals surface area contributed by atoms with Crippen LogP contribution in [0.1, 0.15) is 11.1 Å². The monoisotopic (exact) mass is 174 g/mol. The first kappa shape index (κ1) is 7.98. The van der Waals surface area contributed by atoms with E-state index in [1.807, 2.05) is 24.3 Å². The fourth-order valence-electron chi connectivity index (χ4n) is 1.55. The normalized spacial score (nSPS) is 14.6. The Morgan fingerprint density at radius 3 is 2.92 bits per heavy atom. The van der Waals surface area contributed by atoms with Crippen molar-refractivity contribution in [1.29, 1.82) is 0 Å². The van der Waals surface area contributed by atoms with Crippen molar-refractivity contribution in [3.63, 3.8) is 0 Å². The molecule has 0 saturated heterocycles. The zero-order chi connectivity index (χ0) is 9.26. The maximum atomic E-state index is 11.0. The number of hydrogen-bond donors (Lipinski definition) is 1. The van der Waals surface area contributed by atoms with Crippen LogP contribution in [0.5, 0.6) is 0 Å². The Morgan fingerprint density at radius 2 is 2.15 bits per heavy atom. The molecule has 13 heavy (non-hydrogen) atoms. The first-order chi connectivity index (χ1) is 6.29. The van der Waals surface area contributed by atoms with Crippen molar-refractivity contribution in [1.82, 2.24) is 0 Å². The topological polar surface area (TPSA) is 55.5 Å². The average molecular weight is 174 g/mol. The van der Waals surface area contributed by atoms with Crippen molar-refractivity contribution in [2.45, 2.75) is 6.42 Å². The first-order valence-electron chi connectivity index (χ1n) is 4.21. The van der Waals surface area contributed by atoms with Gasteiger partial charge >= 0.3 is 0 Å². The molecule has 1 amide bonds. The number of carbonyl (C=O) groups is 1. The third kappa shape index (κ3) is 1.33. The molecule has 0 bridgehead atoms. The highest BCUT2D eigenvalue weighted by molar-refractivity contribution is 6.45. The number of carbonyl (C=O) groups excluding carboxylic acids is 1. The molecule has 1 aliphatic rings. The van der Waals surface area contributed by atoms with Gasteiger partial charge in [-0.15, -0.1) is 0 Å². The van der Waals surface area contributed by atoms with Gasteiger partial charge in [-0.2, -0.15) is 0 Å². The van der Waals surface area contributed by atoms with Crippen molar-refractivity contribution in [3.8, 4) is 0 Å². The predicted octanol–water partition coefficient (Wildman–Crippen LogP) is 0.517. The Kier molecular flexibility index (Phi) is 1.85. The molecule has 1 aromatic carbocycles. The molecule has 2 N–H and O–H groups in total. The molecule has 1 heterocycles. The summed E-state index contributed by atoms with van der Waals surface area (Å²) >= 11 is 0. The number of nitrogens with zero attached hydrogens (tertiary/aromatic N) is 1. The van der Waals surface area contributed by atoms with Crippen LogP contribution in [0.2, 0.25) is 0 Å². The van der Waals surface area contributed by atoms with Gasteiger partial charge < -0.3 is 5.73 Å². The summed E-state index contributed by atoms with van der Waals surface area (Å²) in [6.45, 7) is 0.662. The molecular formula is C10H10N2O. The highest BCUT2D eigenvalue weighted by Gasteiger charge is 2.16. The number of hydrogen-bond acceptors (Lipinski definition) is 2. The highest BCUT2D eigenvalue weighted by Crippen LogP contribution is 2.15. The number of amides is 1. The van der Waals surface area contributed by atoms with Crippen molar-refractivity contribution >= 4 is 11.6 Å². The quantitative estimate of drug-likeness (QED) is 0.662. The number of rotatable bonds is 1. The summed E-state index contributed by atoms with van der Waals surface area (Å²) < 4.78 is 0. The minimum Gasteiger partial charge on any atom is -0.364 e. The molecule has 3 nitrogen and oxygen atoms in total. The standard InChI is InChI=1S/C10H10N2O/c11-10(13)9-8-4-2-1-3-7(8)5-6-12-9/h1-4H,5-6H2,(H2,11,13). The second-order valence-corrected chi connectivity index (χ2v) is 3.00. The van der Waals surface area contributed by atoms with Gasteiger partial charge in [0.25, 0.3) is 5.91 Å². The molecule has 0 saturated carbocycles. The maximum Gasteiger partial charge on any atom is 0.267 e. The molecule has 0 fully saturated rings. The predicted molar refractivity (Wildman–Crippen MR) is 50.7 cm³/mol. The minimum absolute atomic E-state index is 0.418. The van der Waals surface area contributed by atoms with Crippen LogP contribution >= 0.6 is 0 Å². The molecule has 0 aromatic heterocycles. The van der Waals surface area contributed by atoms with E-state index in [2.05, 4.69) is 4.99 Å². The van der Waals surface area contributed by atoms with E-state index in [-0.39, 0.29) is 0 Å². The van der Waals surface area contributed by atoms with Gasteiger partial charge in [0.05, 0.1) is 0 Å². The second kappa shape index (κ2) is 3.01. The van der Waals surface area contributed by atoms with Crippen LogP contribution in [0.25, 0.3) is 0 Å². The largest absolute Gasteiger partial charge is 0.364 e. The highest BCUT2D eigenvalue weighted by atomic mass is 16.1. The smallest absolute Gasteiger partial charge is 0.267 e. The zero-order valence-corrected chi connectivity index (χ0v) is 7.16. The fourth-order valence-corrected chi connectivity index (χ4v) is 1.55. The van der Waals surface area contributed by atoms with Gasteiger partial charge in [0.1, 0.15) is 5.71 Å². The summed E-state index contributed by atoms with van der Waals surface area (Å²) in [6, 6.07) is 7.75. The molecule has 3 heteroatoms. The van der Waals surface area contributed by atoms with E-state index < -0.39 is 5.91 Å². The third-order valence-corrected chi connectivity index (χ3v) is 2.16. The van der Waals surface area contributed by atoms with Gasteiger partial charge in [0.2, 0.25) is 0 Å². The number of fused-ring (bicyclic) bond motifs is 1. The SMILES string of the molecule is NC(=O)C1=NCCc2ccccc21. The van der Waals surface area contributed by atoms with Crippen molar-refractivity contribution < 1.29 is 4.79 Å². The Labute approximate surface area is 76.3 Å². The molecule has 0 radical (unpaired) electrons. The molecule has 1 aliphatic heterocycles. The minimum atomic E-state index is -0.438. The summed E-state index contributed by atoms with van der Waals surface area (Å²) in [5, 5.41) is 0. The lowest BCUT2D eigenvalue weighted by molar-refractivity contribution is -0.111. The van der Waals surface area contributed by atoms with Crippen LogP contribution in [-0.2, 0) is 11.2 Å². The Morgan fingerprint density at radius 1 is 1.38 bits per heavy atom. The number of nitrogens with two attached hydrogens (primary N) is 1. The molecule has 2 rings (SSSR count). The molecule has 0 unspecified atom stereocenters. The molecule has 0 atom stereocenters. The van der Waals surface area contributed by atoms with Crippen LogP contribution in [0, 0.1) is 0 Å². The zero-order valence-electron chi connectivity index (χ0n) is 7.16. The second-order valence-electron chi connectivity index (χ2n) is 3.00. The van der Waals surface area contributed by atoms with Crippen LogP contribution in [0.15, 0.2) is 29.3 Å². The van der Waals surface area contributed by atoms with E-state index in [9.17, 15) is 4.79 Å². The van der Waals surface area contributed by atoms with E-state index in [1.165, 1.54) is 0 Å². The number of primary amides is 1. The van der Waals surface area contributed by atoms with Crippen LogP contribution in [-0.4, -0.2) is 18.2 Å². The van der Waals surface area contributed by atoms with E-state index in [1.54, 1.807) is 0 Å². The van der Waals surface area contributed by atoms with E-state index >= 15 is 0 Å². The summed E-state index contributed by atoms with van der Waals surface area (Å²) in [7, 11) is 0. The van der Waals surface area contributed by atoms with Gasteiger partial charge in [0.15, 0.2) is 0 Å². The Balaban J connectivity index is 2.53. The summed E-state index contributed by atoms with van der Waals surface area (Å²) in [4.78, 5) is 15.1. The van der Waals surface area contributed by atoms with E-state index in [4.69, 9.17) is 5.73 Å².